The van der Waals surface area contributed by atoms with E-state index in [4.69, 9.17) is 11.6 Å². The predicted molar refractivity (Wildman–Crippen MR) is 90.7 cm³/mol. The van der Waals surface area contributed by atoms with Crippen molar-refractivity contribution in [3.63, 3.8) is 0 Å². The van der Waals surface area contributed by atoms with Crippen LogP contribution in [0, 0.1) is 17.0 Å². The first-order valence-corrected chi connectivity index (χ1v) is 7.59. The smallest absolute Gasteiger partial charge is 0.358 e. The van der Waals surface area contributed by atoms with Crippen LogP contribution >= 0.6 is 11.6 Å². The number of nitro groups is 1. The fraction of sp³-hybridized carbons (Fsp3) is 0.133. The summed E-state index contributed by atoms with van der Waals surface area (Å²) in [5.74, 6) is -1.19. The molecule has 0 saturated heterocycles. The summed E-state index contributed by atoms with van der Waals surface area (Å²) in [4.78, 5) is 22.1. The van der Waals surface area contributed by atoms with E-state index in [-0.39, 0.29) is 10.7 Å². The van der Waals surface area contributed by atoms with Gasteiger partial charge >= 0.3 is 5.82 Å². The van der Waals surface area contributed by atoms with Crippen LogP contribution in [0.25, 0.3) is 0 Å². The number of aromatic nitrogens is 4. The van der Waals surface area contributed by atoms with Crippen molar-refractivity contribution in [3.8, 4) is 0 Å². The standard InChI is InChI=1S/C15H13ClN6O3/c1-9-3-2-4-10(5-9)7-21-8-11(6-17-21)18-15(23)13-12(16)14(20-19-13)22(24)25/h2-6,8H,7H2,1H3,(H,18,23)(H,19,20). The van der Waals surface area contributed by atoms with Crippen LogP contribution < -0.4 is 5.32 Å². The van der Waals surface area contributed by atoms with Gasteiger partial charge in [0.15, 0.2) is 10.7 Å². The number of aryl methyl sites for hydroxylation is 1. The summed E-state index contributed by atoms with van der Waals surface area (Å²) in [6, 6.07) is 7.99. The summed E-state index contributed by atoms with van der Waals surface area (Å²) in [5.41, 5.74) is 2.40. The highest BCUT2D eigenvalue weighted by atomic mass is 35.5. The molecule has 0 unspecified atom stereocenters. The third-order valence-corrected chi connectivity index (χ3v) is 3.76. The predicted octanol–water partition coefficient (Wildman–Crippen LogP) is 2.78. The molecule has 3 aromatic rings. The van der Waals surface area contributed by atoms with Gasteiger partial charge in [-0.05, 0) is 17.4 Å². The van der Waals surface area contributed by atoms with E-state index in [0.29, 0.717) is 12.2 Å². The van der Waals surface area contributed by atoms with E-state index in [1.54, 1.807) is 10.9 Å². The van der Waals surface area contributed by atoms with E-state index in [0.717, 1.165) is 11.1 Å². The number of carbonyl (C=O) groups excluding carboxylic acids is 1. The van der Waals surface area contributed by atoms with Crippen LogP contribution in [-0.4, -0.2) is 30.8 Å². The summed E-state index contributed by atoms with van der Waals surface area (Å²) in [6.07, 6.45) is 3.12. The highest BCUT2D eigenvalue weighted by Crippen LogP contribution is 2.25. The van der Waals surface area contributed by atoms with Crippen molar-refractivity contribution in [2.24, 2.45) is 0 Å². The summed E-state index contributed by atoms with van der Waals surface area (Å²) >= 11 is 5.79. The normalized spacial score (nSPS) is 10.6. The molecule has 0 spiro atoms. The van der Waals surface area contributed by atoms with Gasteiger partial charge in [-0.15, -0.1) is 5.10 Å². The molecule has 0 radical (unpaired) electrons. The van der Waals surface area contributed by atoms with Crippen LogP contribution in [0.5, 0.6) is 0 Å². The van der Waals surface area contributed by atoms with Crippen molar-refractivity contribution >= 4 is 29.0 Å². The van der Waals surface area contributed by atoms with Crippen LogP contribution in [0.4, 0.5) is 11.5 Å². The number of benzene rings is 1. The van der Waals surface area contributed by atoms with E-state index in [9.17, 15) is 14.9 Å². The number of anilines is 1. The first-order valence-electron chi connectivity index (χ1n) is 7.21. The van der Waals surface area contributed by atoms with Crippen LogP contribution in [-0.2, 0) is 6.54 Å². The average molecular weight is 361 g/mol. The Balaban J connectivity index is 1.71. The van der Waals surface area contributed by atoms with E-state index in [1.807, 2.05) is 31.2 Å². The van der Waals surface area contributed by atoms with Gasteiger partial charge in [-0.2, -0.15) is 5.10 Å². The van der Waals surface area contributed by atoms with E-state index < -0.39 is 16.6 Å². The zero-order valence-electron chi connectivity index (χ0n) is 13.1. The number of hydrogen-bond acceptors (Lipinski definition) is 5. The topological polar surface area (TPSA) is 119 Å². The van der Waals surface area contributed by atoms with E-state index >= 15 is 0 Å². The Morgan fingerprint density at radius 1 is 1.48 bits per heavy atom. The summed E-state index contributed by atoms with van der Waals surface area (Å²) in [5, 5.41) is 22.8. The van der Waals surface area contributed by atoms with Crippen LogP contribution in [0.15, 0.2) is 36.7 Å². The molecule has 0 aliphatic heterocycles. The largest absolute Gasteiger partial charge is 0.362 e. The Morgan fingerprint density at radius 2 is 2.28 bits per heavy atom. The van der Waals surface area contributed by atoms with Gasteiger partial charge in [-0.1, -0.05) is 46.5 Å². The lowest BCUT2D eigenvalue weighted by Gasteiger charge is -2.03. The molecule has 2 N–H and O–H groups in total. The molecule has 0 atom stereocenters. The highest BCUT2D eigenvalue weighted by Gasteiger charge is 2.25. The molecule has 0 bridgehead atoms. The second-order valence-corrected chi connectivity index (χ2v) is 5.74. The quantitative estimate of drug-likeness (QED) is 0.535. The van der Waals surface area contributed by atoms with Gasteiger partial charge in [0.05, 0.1) is 18.4 Å². The van der Waals surface area contributed by atoms with Gasteiger partial charge in [-0.3, -0.25) is 9.48 Å². The van der Waals surface area contributed by atoms with Crippen molar-refractivity contribution in [1.29, 1.82) is 0 Å². The number of aromatic amines is 1. The highest BCUT2D eigenvalue weighted by molar-refractivity contribution is 6.35. The Labute approximate surface area is 146 Å². The molecule has 1 amide bonds. The number of halogens is 1. The molecular weight excluding hydrogens is 348 g/mol. The van der Waals surface area contributed by atoms with Crippen molar-refractivity contribution in [2.45, 2.75) is 13.5 Å². The SMILES string of the molecule is Cc1cccc(Cn2cc(NC(=O)c3n[nH]c([N+](=O)[O-])c3Cl)cn2)c1. The van der Waals surface area contributed by atoms with Gasteiger partial charge in [0.25, 0.3) is 5.91 Å². The lowest BCUT2D eigenvalue weighted by atomic mass is 10.1. The van der Waals surface area contributed by atoms with Gasteiger partial charge < -0.3 is 15.4 Å². The Kier molecular flexibility index (Phi) is 4.48. The Hall–Kier alpha value is -3.20. The molecule has 25 heavy (non-hydrogen) atoms. The number of carbonyl (C=O) groups is 1. The molecule has 9 nitrogen and oxygen atoms in total. The maximum Gasteiger partial charge on any atom is 0.362 e. The van der Waals surface area contributed by atoms with Gasteiger partial charge in [0, 0.05) is 6.20 Å². The maximum atomic E-state index is 12.1. The summed E-state index contributed by atoms with van der Waals surface area (Å²) < 4.78 is 1.67. The van der Waals surface area contributed by atoms with Crippen molar-refractivity contribution in [2.75, 3.05) is 5.32 Å². The first kappa shape index (κ1) is 16.7. The molecule has 3 rings (SSSR count). The Bertz CT molecular complexity index is 948. The molecule has 0 fully saturated rings. The monoisotopic (exact) mass is 360 g/mol. The molecule has 1 aromatic carbocycles. The third kappa shape index (κ3) is 3.66. The van der Waals surface area contributed by atoms with Crippen LogP contribution in [0.2, 0.25) is 5.02 Å². The van der Waals surface area contributed by atoms with Gasteiger partial charge in [-0.25, -0.2) is 0 Å². The number of amides is 1. The Morgan fingerprint density at radius 3 is 2.96 bits per heavy atom. The third-order valence-electron chi connectivity index (χ3n) is 3.41. The minimum Gasteiger partial charge on any atom is -0.358 e. The fourth-order valence-corrected chi connectivity index (χ4v) is 2.53. The lowest BCUT2D eigenvalue weighted by Crippen LogP contribution is -2.12. The number of hydrogen-bond donors (Lipinski definition) is 2. The molecule has 128 valence electrons. The van der Waals surface area contributed by atoms with E-state index in [2.05, 4.69) is 20.6 Å². The molecule has 0 saturated carbocycles. The van der Waals surface area contributed by atoms with Gasteiger partial charge in [0.2, 0.25) is 0 Å². The minimum atomic E-state index is -0.744. The number of nitrogens with one attached hydrogen (secondary N) is 2. The minimum absolute atomic E-state index is 0.250. The maximum absolute atomic E-state index is 12.1. The molecule has 2 heterocycles. The molecule has 0 aliphatic rings. The lowest BCUT2D eigenvalue weighted by molar-refractivity contribution is -0.389. The molecular formula is C15H13ClN6O3. The van der Waals surface area contributed by atoms with Crippen molar-refractivity contribution in [3.05, 3.63) is 68.6 Å². The van der Waals surface area contributed by atoms with Crippen molar-refractivity contribution in [1.82, 2.24) is 20.0 Å². The molecule has 10 heteroatoms. The zero-order valence-corrected chi connectivity index (χ0v) is 13.8. The van der Waals surface area contributed by atoms with Crippen LogP contribution in [0.3, 0.4) is 0 Å². The average Bonchev–Trinajstić information content (AvgIpc) is 3.14. The number of H-pyrrole nitrogens is 1. The number of nitrogens with zero attached hydrogens (tertiary/aromatic N) is 4. The fourth-order valence-electron chi connectivity index (χ4n) is 2.29. The summed E-state index contributed by atoms with van der Waals surface area (Å²) in [6.45, 7) is 2.55. The second kappa shape index (κ2) is 6.73. The van der Waals surface area contributed by atoms with Gasteiger partial charge in [0.1, 0.15) is 0 Å². The number of rotatable bonds is 5. The van der Waals surface area contributed by atoms with Crippen molar-refractivity contribution < 1.29 is 9.72 Å². The zero-order chi connectivity index (χ0) is 18.0. The van der Waals surface area contributed by atoms with E-state index in [1.165, 1.54) is 6.20 Å². The molecule has 2 aromatic heterocycles. The summed E-state index contributed by atoms with van der Waals surface area (Å²) in [7, 11) is 0. The second-order valence-electron chi connectivity index (χ2n) is 5.36. The first-order chi connectivity index (χ1) is 11.9. The molecule has 0 aliphatic carbocycles. The van der Waals surface area contributed by atoms with Crippen LogP contribution in [0.1, 0.15) is 21.6 Å².